The summed E-state index contributed by atoms with van der Waals surface area (Å²) in [5.41, 5.74) is 6.16. The average Bonchev–Trinajstić information content (AvgIpc) is 2.80. The Morgan fingerprint density at radius 1 is 1.19 bits per heavy atom. The zero-order valence-electron chi connectivity index (χ0n) is 16.5. The van der Waals surface area contributed by atoms with E-state index < -0.39 is 24.4 Å². The summed E-state index contributed by atoms with van der Waals surface area (Å²) < 4.78 is 17.3. The van der Waals surface area contributed by atoms with Gasteiger partial charge < -0.3 is 25.1 Å². The van der Waals surface area contributed by atoms with Gasteiger partial charge in [0.2, 0.25) is 5.91 Å². The highest BCUT2D eigenvalue weighted by Crippen LogP contribution is 2.38. The summed E-state index contributed by atoms with van der Waals surface area (Å²) >= 11 is 0. The van der Waals surface area contributed by atoms with Crippen LogP contribution in [-0.2, 0) is 25.3 Å². The van der Waals surface area contributed by atoms with Crippen LogP contribution in [0.2, 0.25) is 0 Å². The van der Waals surface area contributed by atoms with Gasteiger partial charge in [0, 0.05) is 7.11 Å². The van der Waals surface area contributed by atoms with Crippen molar-refractivity contribution in [3.63, 3.8) is 0 Å². The molecule has 1 heterocycles. The fourth-order valence-corrected chi connectivity index (χ4v) is 2.84. The van der Waals surface area contributed by atoms with Gasteiger partial charge in [0.1, 0.15) is 6.04 Å². The van der Waals surface area contributed by atoms with Crippen LogP contribution in [0.4, 0.5) is 0 Å². The van der Waals surface area contributed by atoms with Crippen molar-refractivity contribution in [1.29, 1.82) is 0 Å². The van der Waals surface area contributed by atoms with Crippen LogP contribution in [0.5, 0.6) is 0 Å². The Morgan fingerprint density at radius 2 is 1.77 bits per heavy atom. The van der Waals surface area contributed by atoms with Crippen LogP contribution in [0.25, 0.3) is 0 Å². The van der Waals surface area contributed by atoms with E-state index in [-0.39, 0.29) is 18.5 Å². The zero-order valence-corrected chi connectivity index (χ0v) is 16.5. The van der Waals surface area contributed by atoms with Gasteiger partial charge in [-0.15, -0.1) is 0 Å². The Labute approximate surface area is 156 Å². The molecular formula is C19H31BN2O4. The molecule has 0 aliphatic carbocycles. The summed E-state index contributed by atoms with van der Waals surface area (Å²) in [6.45, 7) is 8.17. The largest absolute Gasteiger partial charge is 0.481 e. The molecule has 1 aromatic rings. The van der Waals surface area contributed by atoms with E-state index in [0.717, 1.165) is 6.42 Å². The lowest BCUT2D eigenvalue weighted by molar-refractivity contribution is -0.123. The fourth-order valence-electron chi connectivity index (χ4n) is 2.84. The van der Waals surface area contributed by atoms with Gasteiger partial charge in [-0.25, -0.2) is 0 Å². The van der Waals surface area contributed by atoms with Gasteiger partial charge in [0.05, 0.1) is 23.8 Å². The number of methoxy groups -OCH3 is 1. The van der Waals surface area contributed by atoms with Gasteiger partial charge in [-0.1, -0.05) is 30.3 Å². The maximum absolute atomic E-state index is 12.4. The Kier molecular flexibility index (Phi) is 6.85. The molecular weight excluding hydrogens is 331 g/mol. The zero-order chi connectivity index (χ0) is 19.4. The number of amides is 1. The van der Waals surface area contributed by atoms with Gasteiger partial charge in [-0.3, -0.25) is 4.79 Å². The highest BCUT2D eigenvalue weighted by molar-refractivity contribution is 6.48. The minimum absolute atomic E-state index is 0.167. The molecule has 1 aromatic carbocycles. The smallest absolute Gasteiger partial charge is 0.402 e. The molecule has 7 heteroatoms. The number of carbonyl (C=O) groups is 1. The molecule has 0 unspecified atom stereocenters. The predicted molar refractivity (Wildman–Crippen MR) is 103 cm³/mol. The SMILES string of the molecule is COC[C@@H](N)C(=O)N[C@@H](CCc1ccccc1)B1OC(C)(C)C(C)(C)O1. The molecule has 6 nitrogen and oxygen atoms in total. The molecule has 1 aliphatic heterocycles. The highest BCUT2D eigenvalue weighted by atomic mass is 16.7. The summed E-state index contributed by atoms with van der Waals surface area (Å²) in [6.07, 6.45) is 1.49. The second kappa shape index (κ2) is 8.52. The lowest BCUT2D eigenvalue weighted by Crippen LogP contribution is -2.53. The molecule has 0 spiro atoms. The molecule has 1 fully saturated rings. The maximum Gasteiger partial charge on any atom is 0.481 e. The van der Waals surface area contributed by atoms with E-state index in [1.807, 2.05) is 45.9 Å². The Bertz CT molecular complexity index is 578. The van der Waals surface area contributed by atoms with E-state index in [1.54, 1.807) is 0 Å². The van der Waals surface area contributed by atoms with E-state index in [9.17, 15) is 4.79 Å². The number of hydrogen-bond donors (Lipinski definition) is 2. The molecule has 0 bridgehead atoms. The van der Waals surface area contributed by atoms with E-state index in [2.05, 4.69) is 17.4 Å². The fraction of sp³-hybridized carbons (Fsp3) is 0.632. The topological polar surface area (TPSA) is 82.8 Å². The van der Waals surface area contributed by atoms with Crippen LogP contribution in [-0.4, -0.2) is 49.9 Å². The number of rotatable bonds is 8. The van der Waals surface area contributed by atoms with Gasteiger partial charge >= 0.3 is 7.12 Å². The predicted octanol–water partition coefficient (Wildman–Crippen LogP) is 1.71. The van der Waals surface area contributed by atoms with Crippen molar-refractivity contribution >= 4 is 13.0 Å². The number of nitrogens with one attached hydrogen (secondary N) is 1. The quantitative estimate of drug-likeness (QED) is 0.688. The standard InChI is InChI=1S/C19H31BN2O4/c1-18(2)19(3,4)26-20(25-18)16(22-17(23)15(21)13-24-5)12-11-14-9-7-6-8-10-14/h6-10,15-16H,11-13,21H2,1-5H3,(H,22,23)/t15-,16+/m1/s1. The number of hydrogen-bond acceptors (Lipinski definition) is 5. The first-order valence-corrected chi connectivity index (χ1v) is 9.11. The normalized spacial score (nSPS) is 20.6. The third kappa shape index (κ3) is 5.07. The summed E-state index contributed by atoms with van der Waals surface area (Å²) in [5.74, 6) is -0.564. The average molecular weight is 362 g/mol. The number of benzene rings is 1. The lowest BCUT2D eigenvalue weighted by atomic mass is 9.75. The van der Waals surface area contributed by atoms with Crippen molar-refractivity contribution < 1.29 is 18.8 Å². The van der Waals surface area contributed by atoms with Crippen LogP contribution >= 0.6 is 0 Å². The molecule has 3 N–H and O–H groups in total. The molecule has 1 saturated heterocycles. The molecule has 2 atom stereocenters. The van der Waals surface area contributed by atoms with Crippen LogP contribution in [0, 0.1) is 0 Å². The van der Waals surface area contributed by atoms with E-state index >= 15 is 0 Å². The second-order valence-corrected chi connectivity index (χ2v) is 7.83. The van der Waals surface area contributed by atoms with E-state index in [0.29, 0.717) is 6.42 Å². The summed E-state index contributed by atoms with van der Waals surface area (Å²) in [6, 6.07) is 9.42. The van der Waals surface area contributed by atoms with Crippen molar-refractivity contribution in [2.45, 2.75) is 63.7 Å². The Hall–Kier alpha value is -1.41. The van der Waals surface area contributed by atoms with Gasteiger partial charge in [0.15, 0.2) is 0 Å². The van der Waals surface area contributed by atoms with Crippen LogP contribution < -0.4 is 11.1 Å². The van der Waals surface area contributed by atoms with Gasteiger partial charge in [-0.2, -0.15) is 0 Å². The van der Waals surface area contributed by atoms with Crippen LogP contribution in [0.1, 0.15) is 39.7 Å². The molecule has 144 valence electrons. The molecule has 26 heavy (non-hydrogen) atoms. The van der Waals surface area contributed by atoms with E-state index in [4.69, 9.17) is 19.8 Å². The third-order valence-electron chi connectivity index (χ3n) is 5.20. The second-order valence-electron chi connectivity index (χ2n) is 7.83. The van der Waals surface area contributed by atoms with Crippen LogP contribution in [0.15, 0.2) is 30.3 Å². The molecule has 0 aromatic heterocycles. The van der Waals surface area contributed by atoms with Gasteiger partial charge in [0.25, 0.3) is 0 Å². The first-order chi connectivity index (χ1) is 12.2. The molecule has 1 amide bonds. The van der Waals surface area contributed by atoms with Crippen LogP contribution in [0.3, 0.4) is 0 Å². The van der Waals surface area contributed by atoms with E-state index in [1.165, 1.54) is 12.7 Å². The third-order valence-corrected chi connectivity index (χ3v) is 5.20. The summed E-state index contributed by atoms with van der Waals surface area (Å²) in [7, 11) is 0.997. The van der Waals surface area contributed by atoms with Crippen molar-refractivity contribution in [3.8, 4) is 0 Å². The molecule has 1 aliphatic rings. The summed E-state index contributed by atoms with van der Waals surface area (Å²) in [5, 5.41) is 3.00. The maximum atomic E-state index is 12.4. The first kappa shape index (κ1) is 20.9. The number of ether oxygens (including phenoxy) is 1. The monoisotopic (exact) mass is 362 g/mol. The lowest BCUT2D eigenvalue weighted by Gasteiger charge is -2.32. The minimum atomic E-state index is -0.721. The highest BCUT2D eigenvalue weighted by Gasteiger charge is 2.54. The number of nitrogens with two attached hydrogens (primary N) is 1. The molecule has 2 rings (SSSR count). The number of carbonyl (C=O) groups excluding carboxylic acids is 1. The number of aryl methyl sites for hydroxylation is 1. The molecule has 0 radical (unpaired) electrons. The molecule has 0 saturated carbocycles. The van der Waals surface area contributed by atoms with Crippen molar-refractivity contribution in [3.05, 3.63) is 35.9 Å². The minimum Gasteiger partial charge on any atom is -0.402 e. The van der Waals surface area contributed by atoms with Crippen molar-refractivity contribution in [2.75, 3.05) is 13.7 Å². The first-order valence-electron chi connectivity index (χ1n) is 9.11. The Morgan fingerprint density at radius 3 is 2.31 bits per heavy atom. The Balaban J connectivity index is 2.09. The van der Waals surface area contributed by atoms with Gasteiger partial charge in [-0.05, 0) is 46.1 Å². The van der Waals surface area contributed by atoms with Crippen molar-refractivity contribution in [2.24, 2.45) is 5.73 Å². The van der Waals surface area contributed by atoms with Crippen molar-refractivity contribution in [1.82, 2.24) is 5.32 Å². The summed E-state index contributed by atoms with van der Waals surface area (Å²) in [4.78, 5) is 12.4.